The van der Waals surface area contributed by atoms with E-state index in [0.29, 0.717) is 23.0 Å². The Bertz CT molecular complexity index is 752. The number of rotatable bonds is 7. The molecule has 1 N–H and O–H groups in total. The summed E-state index contributed by atoms with van der Waals surface area (Å²) >= 11 is 1.37. The highest BCUT2D eigenvalue weighted by Gasteiger charge is 2.20. The SMILES string of the molecule is C=CCn1c(C)nnc1SC(C)C(=O)c1ccc(NC(C)=O)cc1. The number of benzene rings is 1. The number of nitrogens with one attached hydrogen (secondary N) is 1. The first-order valence-electron chi connectivity index (χ1n) is 7.51. The van der Waals surface area contributed by atoms with E-state index in [-0.39, 0.29) is 16.9 Å². The molecular weight excluding hydrogens is 324 g/mol. The summed E-state index contributed by atoms with van der Waals surface area (Å²) in [7, 11) is 0. The van der Waals surface area contributed by atoms with Crippen molar-refractivity contribution in [2.24, 2.45) is 0 Å². The molecule has 0 radical (unpaired) electrons. The predicted molar refractivity (Wildman–Crippen MR) is 95.4 cm³/mol. The third-order valence-electron chi connectivity index (χ3n) is 3.35. The number of hydrogen-bond acceptors (Lipinski definition) is 5. The third-order valence-corrected chi connectivity index (χ3v) is 4.44. The first-order chi connectivity index (χ1) is 11.4. The Kier molecular flexibility index (Phi) is 5.92. The molecule has 0 spiro atoms. The number of Topliss-reactive ketones (excluding diaryl/α,β-unsaturated/α-hetero) is 1. The van der Waals surface area contributed by atoms with Crippen LogP contribution in [0.1, 0.15) is 30.0 Å². The second-order valence-electron chi connectivity index (χ2n) is 5.31. The van der Waals surface area contributed by atoms with E-state index in [0.717, 1.165) is 5.82 Å². The van der Waals surface area contributed by atoms with Gasteiger partial charge in [-0.3, -0.25) is 9.59 Å². The molecule has 1 aromatic carbocycles. The molecule has 1 unspecified atom stereocenters. The van der Waals surface area contributed by atoms with Crippen molar-refractivity contribution in [3.63, 3.8) is 0 Å². The Labute approximate surface area is 145 Å². The zero-order valence-corrected chi connectivity index (χ0v) is 14.8. The molecule has 7 heteroatoms. The van der Waals surface area contributed by atoms with E-state index >= 15 is 0 Å². The quantitative estimate of drug-likeness (QED) is 0.474. The van der Waals surface area contributed by atoms with Crippen LogP contribution in [0, 0.1) is 6.92 Å². The molecule has 0 aliphatic heterocycles. The maximum absolute atomic E-state index is 12.6. The number of aromatic nitrogens is 3. The number of allylic oxidation sites excluding steroid dienone is 1. The van der Waals surface area contributed by atoms with Gasteiger partial charge in [0.15, 0.2) is 10.9 Å². The van der Waals surface area contributed by atoms with Crippen LogP contribution in [0.3, 0.4) is 0 Å². The maximum Gasteiger partial charge on any atom is 0.221 e. The molecule has 0 bridgehead atoms. The van der Waals surface area contributed by atoms with Crippen LogP contribution in [0.4, 0.5) is 5.69 Å². The molecule has 0 saturated heterocycles. The Morgan fingerprint density at radius 1 is 1.33 bits per heavy atom. The van der Waals surface area contributed by atoms with Gasteiger partial charge in [-0.15, -0.1) is 16.8 Å². The van der Waals surface area contributed by atoms with Crippen molar-refractivity contribution in [3.8, 4) is 0 Å². The monoisotopic (exact) mass is 344 g/mol. The summed E-state index contributed by atoms with van der Waals surface area (Å²) in [5.41, 5.74) is 1.26. The molecule has 0 saturated carbocycles. The fourth-order valence-corrected chi connectivity index (χ4v) is 3.14. The van der Waals surface area contributed by atoms with Crippen molar-refractivity contribution in [1.82, 2.24) is 14.8 Å². The van der Waals surface area contributed by atoms with E-state index in [1.165, 1.54) is 18.7 Å². The number of carbonyl (C=O) groups is 2. The lowest BCUT2D eigenvalue weighted by Gasteiger charge is -2.11. The molecule has 24 heavy (non-hydrogen) atoms. The van der Waals surface area contributed by atoms with Gasteiger partial charge in [-0.05, 0) is 38.1 Å². The second-order valence-corrected chi connectivity index (χ2v) is 6.62. The van der Waals surface area contributed by atoms with Crippen molar-refractivity contribution in [1.29, 1.82) is 0 Å². The highest BCUT2D eigenvalue weighted by Crippen LogP contribution is 2.25. The average Bonchev–Trinajstić information content (AvgIpc) is 2.88. The van der Waals surface area contributed by atoms with Crippen LogP contribution in [0.5, 0.6) is 0 Å². The minimum absolute atomic E-state index is 0.000168. The summed E-state index contributed by atoms with van der Waals surface area (Å²) < 4.78 is 1.92. The molecule has 2 rings (SSSR count). The van der Waals surface area contributed by atoms with Gasteiger partial charge in [0.05, 0.1) is 5.25 Å². The molecule has 0 aliphatic rings. The minimum Gasteiger partial charge on any atom is -0.326 e. The molecule has 126 valence electrons. The van der Waals surface area contributed by atoms with Gasteiger partial charge in [-0.2, -0.15) is 0 Å². The molecule has 2 aromatic rings. The van der Waals surface area contributed by atoms with Crippen molar-refractivity contribution >= 4 is 29.1 Å². The number of amides is 1. The van der Waals surface area contributed by atoms with Crippen molar-refractivity contribution < 1.29 is 9.59 Å². The van der Waals surface area contributed by atoms with Gasteiger partial charge in [0.25, 0.3) is 0 Å². The summed E-state index contributed by atoms with van der Waals surface area (Å²) in [5, 5.41) is 11.3. The minimum atomic E-state index is -0.302. The van der Waals surface area contributed by atoms with E-state index in [9.17, 15) is 9.59 Å². The summed E-state index contributed by atoms with van der Waals surface area (Å²) in [6, 6.07) is 6.86. The van der Waals surface area contributed by atoms with Crippen molar-refractivity contribution in [2.75, 3.05) is 5.32 Å². The number of hydrogen-bond donors (Lipinski definition) is 1. The lowest BCUT2D eigenvalue weighted by Crippen LogP contribution is -2.15. The summed E-state index contributed by atoms with van der Waals surface area (Å²) in [5.74, 6) is 0.645. The van der Waals surface area contributed by atoms with Crippen molar-refractivity contribution in [3.05, 3.63) is 48.3 Å². The molecule has 1 amide bonds. The first-order valence-corrected chi connectivity index (χ1v) is 8.39. The van der Waals surface area contributed by atoms with Crippen LogP contribution in [-0.4, -0.2) is 31.7 Å². The molecule has 1 aromatic heterocycles. The molecule has 0 fully saturated rings. The number of carbonyl (C=O) groups excluding carboxylic acids is 2. The van der Waals surface area contributed by atoms with Crippen LogP contribution >= 0.6 is 11.8 Å². The molecular formula is C17H20N4O2S. The Balaban J connectivity index is 2.09. The van der Waals surface area contributed by atoms with Gasteiger partial charge >= 0.3 is 0 Å². The maximum atomic E-state index is 12.6. The number of aryl methyl sites for hydroxylation is 1. The lowest BCUT2D eigenvalue weighted by molar-refractivity contribution is -0.114. The Morgan fingerprint density at radius 3 is 2.58 bits per heavy atom. The van der Waals surface area contributed by atoms with E-state index in [4.69, 9.17) is 0 Å². The zero-order valence-electron chi connectivity index (χ0n) is 13.9. The van der Waals surface area contributed by atoms with E-state index < -0.39 is 0 Å². The van der Waals surface area contributed by atoms with Gasteiger partial charge in [0.1, 0.15) is 5.82 Å². The summed E-state index contributed by atoms with van der Waals surface area (Å²) in [6.07, 6.45) is 1.77. The summed E-state index contributed by atoms with van der Waals surface area (Å²) in [4.78, 5) is 23.6. The number of nitrogens with zero attached hydrogens (tertiary/aromatic N) is 3. The first kappa shape index (κ1) is 17.9. The smallest absolute Gasteiger partial charge is 0.221 e. The van der Waals surface area contributed by atoms with E-state index in [1.807, 2.05) is 18.4 Å². The van der Waals surface area contributed by atoms with Gasteiger partial charge in [0, 0.05) is 24.7 Å². The molecule has 1 atom stereocenters. The van der Waals surface area contributed by atoms with Gasteiger partial charge < -0.3 is 9.88 Å². The van der Waals surface area contributed by atoms with Crippen LogP contribution in [0.25, 0.3) is 0 Å². The standard InChI is InChI=1S/C17H20N4O2S/c1-5-10-21-12(3)19-20-17(21)24-11(2)16(23)14-6-8-15(9-7-14)18-13(4)22/h5-9,11H,1,10H2,2-4H3,(H,18,22). The molecule has 6 nitrogen and oxygen atoms in total. The fourth-order valence-electron chi connectivity index (χ4n) is 2.16. The summed E-state index contributed by atoms with van der Waals surface area (Å²) in [6.45, 7) is 9.49. The second kappa shape index (κ2) is 7.92. The van der Waals surface area contributed by atoms with Crippen LogP contribution in [0.2, 0.25) is 0 Å². The zero-order chi connectivity index (χ0) is 17.7. The molecule has 1 heterocycles. The number of anilines is 1. The Hall–Kier alpha value is -2.41. The third kappa shape index (κ3) is 4.32. The largest absolute Gasteiger partial charge is 0.326 e. The topological polar surface area (TPSA) is 76.9 Å². The van der Waals surface area contributed by atoms with Crippen molar-refractivity contribution in [2.45, 2.75) is 37.7 Å². The fraction of sp³-hybridized carbons (Fsp3) is 0.294. The Morgan fingerprint density at radius 2 is 2.00 bits per heavy atom. The van der Waals surface area contributed by atoms with E-state index in [2.05, 4.69) is 22.1 Å². The average molecular weight is 344 g/mol. The van der Waals surface area contributed by atoms with Gasteiger partial charge in [0.2, 0.25) is 5.91 Å². The highest BCUT2D eigenvalue weighted by atomic mass is 32.2. The molecule has 0 aliphatic carbocycles. The van der Waals surface area contributed by atoms with Gasteiger partial charge in [-0.1, -0.05) is 17.8 Å². The van der Waals surface area contributed by atoms with E-state index in [1.54, 1.807) is 30.3 Å². The highest BCUT2D eigenvalue weighted by molar-refractivity contribution is 8.00. The van der Waals surface area contributed by atoms with Crippen LogP contribution in [0.15, 0.2) is 42.1 Å². The number of ketones is 1. The van der Waals surface area contributed by atoms with Crippen LogP contribution < -0.4 is 5.32 Å². The normalized spacial score (nSPS) is 11.8. The van der Waals surface area contributed by atoms with Crippen LogP contribution in [-0.2, 0) is 11.3 Å². The lowest BCUT2D eigenvalue weighted by atomic mass is 10.1. The van der Waals surface area contributed by atoms with Gasteiger partial charge in [-0.25, -0.2) is 0 Å². The number of thioether (sulfide) groups is 1. The predicted octanol–water partition coefficient (Wildman–Crippen LogP) is 3.09.